The topological polar surface area (TPSA) is 49.9 Å². The van der Waals surface area contributed by atoms with Gasteiger partial charge in [-0.15, -0.1) is 0 Å². The maximum absolute atomic E-state index is 13.4. The minimum absolute atomic E-state index is 0.0153. The van der Waals surface area contributed by atoms with Crippen LogP contribution < -0.4 is 4.74 Å². The monoisotopic (exact) mass is 392 g/mol. The van der Waals surface area contributed by atoms with Gasteiger partial charge in [-0.05, 0) is 36.1 Å². The Kier molecular flexibility index (Phi) is 5.56. The third-order valence-electron chi connectivity index (χ3n) is 6.04. The molecule has 5 heteroatoms. The number of carbonyl (C=O) groups is 2. The van der Waals surface area contributed by atoms with Gasteiger partial charge in [-0.2, -0.15) is 0 Å². The summed E-state index contributed by atoms with van der Waals surface area (Å²) in [6.45, 7) is 1.66. The molecule has 1 saturated heterocycles. The van der Waals surface area contributed by atoms with E-state index < -0.39 is 0 Å². The van der Waals surface area contributed by atoms with Crippen molar-refractivity contribution in [1.82, 2.24) is 9.80 Å². The van der Waals surface area contributed by atoms with Gasteiger partial charge in [-0.3, -0.25) is 9.59 Å². The summed E-state index contributed by atoms with van der Waals surface area (Å²) in [5.41, 5.74) is 2.16. The minimum atomic E-state index is -0.237. The molecular weight excluding hydrogens is 364 g/mol. The highest BCUT2D eigenvalue weighted by Gasteiger charge is 2.44. The van der Waals surface area contributed by atoms with E-state index in [1.54, 1.807) is 12.0 Å². The molecule has 2 aliphatic rings. The van der Waals surface area contributed by atoms with Gasteiger partial charge >= 0.3 is 0 Å². The smallest absolute Gasteiger partial charge is 0.228 e. The van der Waals surface area contributed by atoms with Crippen LogP contribution in [0.5, 0.6) is 5.75 Å². The lowest BCUT2D eigenvalue weighted by Crippen LogP contribution is -2.37. The van der Waals surface area contributed by atoms with Crippen molar-refractivity contribution >= 4 is 11.8 Å². The van der Waals surface area contributed by atoms with E-state index in [1.807, 2.05) is 66.5 Å². The second-order valence-corrected chi connectivity index (χ2v) is 8.19. The Morgan fingerprint density at radius 3 is 2.52 bits per heavy atom. The zero-order valence-electron chi connectivity index (χ0n) is 17.1. The maximum Gasteiger partial charge on any atom is 0.228 e. The third-order valence-corrected chi connectivity index (χ3v) is 6.04. The van der Waals surface area contributed by atoms with Gasteiger partial charge in [0.2, 0.25) is 11.8 Å². The van der Waals surface area contributed by atoms with E-state index >= 15 is 0 Å². The predicted octanol–water partition coefficient (Wildman–Crippen LogP) is 3.31. The lowest BCUT2D eigenvalue weighted by atomic mass is 9.88. The van der Waals surface area contributed by atoms with Crippen molar-refractivity contribution in [2.45, 2.75) is 25.3 Å². The van der Waals surface area contributed by atoms with Gasteiger partial charge in [-0.25, -0.2) is 0 Å². The first-order chi connectivity index (χ1) is 14.1. The molecule has 0 radical (unpaired) electrons. The largest absolute Gasteiger partial charge is 0.497 e. The first-order valence-corrected chi connectivity index (χ1v) is 10.3. The molecule has 1 saturated carbocycles. The fourth-order valence-electron chi connectivity index (χ4n) is 4.25. The standard InChI is InChI=1S/C24H28N2O3/c1-25(14-17-7-4-3-5-8-17)24(28)22-16-26(23(27)18-11-12-18)15-21(22)19-9-6-10-20(13-19)29-2/h3-10,13,18,21-22H,11-12,14-16H2,1-2H3. The summed E-state index contributed by atoms with van der Waals surface area (Å²) in [6.07, 6.45) is 1.96. The number of hydrogen-bond donors (Lipinski definition) is 0. The first kappa shape index (κ1) is 19.5. The SMILES string of the molecule is COc1cccc(C2CN(C(=O)C3CC3)CC2C(=O)N(C)Cc2ccccc2)c1. The Morgan fingerprint density at radius 2 is 1.83 bits per heavy atom. The van der Waals surface area contributed by atoms with E-state index in [9.17, 15) is 9.59 Å². The van der Waals surface area contributed by atoms with Crippen molar-refractivity contribution in [1.29, 1.82) is 0 Å². The molecule has 5 nitrogen and oxygen atoms in total. The average Bonchev–Trinajstić information content (AvgIpc) is 3.51. The van der Waals surface area contributed by atoms with E-state index in [2.05, 4.69) is 0 Å². The van der Waals surface area contributed by atoms with Gasteiger partial charge < -0.3 is 14.5 Å². The highest BCUT2D eigenvalue weighted by atomic mass is 16.5. The van der Waals surface area contributed by atoms with Crippen LogP contribution >= 0.6 is 0 Å². The molecule has 0 spiro atoms. The summed E-state index contributed by atoms with van der Waals surface area (Å²) < 4.78 is 5.38. The molecule has 2 atom stereocenters. The van der Waals surface area contributed by atoms with Crippen LogP contribution in [-0.2, 0) is 16.1 Å². The lowest BCUT2D eigenvalue weighted by Gasteiger charge is -2.25. The Morgan fingerprint density at radius 1 is 1.07 bits per heavy atom. The van der Waals surface area contributed by atoms with Crippen molar-refractivity contribution in [2.75, 3.05) is 27.2 Å². The van der Waals surface area contributed by atoms with Crippen molar-refractivity contribution < 1.29 is 14.3 Å². The fourth-order valence-corrected chi connectivity index (χ4v) is 4.25. The lowest BCUT2D eigenvalue weighted by molar-refractivity contribution is -0.135. The van der Waals surface area contributed by atoms with Crippen molar-refractivity contribution in [3.8, 4) is 5.75 Å². The normalized spacial score (nSPS) is 21.1. The van der Waals surface area contributed by atoms with E-state index in [-0.39, 0.29) is 29.6 Å². The number of rotatable bonds is 6. The Labute approximate surface area is 172 Å². The van der Waals surface area contributed by atoms with Crippen LogP contribution in [0.3, 0.4) is 0 Å². The summed E-state index contributed by atoms with van der Waals surface area (Å²) in [5, 5.41) is 0. The molecule has 2 aromatic carbocycles. The van der Waals surface area contributed by atoms with Crippen LogP contribution in [0.2, 0.25) is 0 Å². The molecule has 2 unspecified atom stereocenters. The zero-order chi connectivity index (χ0) is 20.4. The Balaban J connectivity index is 1.56. The van der Waals surface area contributed by atoms with E-state index in [1.165, 1.54) is 0 Å². The summed E-state index contributed by atoms with van der Waals surface area (Å²) in [4.78, 5) is 29.8. The van der Waals surface area contributed by atoms with Crippen molar-refractivity contribution in [3.05, 3.63) is 65.7 Å². The predicted molar refractivity (Wildman–Crippen MR) is 111 cm³/mol. The molecular formula is C24H28N2O3. The maximum atomic E-state index is 13.4. The van der Waals surface area contributed by atoms with E-state index in [4.69, 9.17) is 4.74 Å². The first-order valence-electron chi connectivity index (χ1n) is 10.3. The van der Waals surface area contributed by atoms with Gasteiger partial charge in [0, 0.05) is 38.5 Å². The van der Waals surface area contributed by atoms with E-state index in [0.29, 0.717) is 19.6 Å². The molecule has 0 bridgehead atoms. The number of benzene rings is 2. The van der Waals surface area contributed by atoms with Gasteiger partial charge in [0.05, 0.1) is 13.0 Å². The molecule has 2 amide bonds. The van der Waals surface area contributed by atoms with Crippen LogP contribution in [0.15, 0.2) is 54.6 Å². The quantitative estimate of drug-likeness (QED) is 0.758. The van der Waals surface area contributed by atoms with Crippen LogP contribution in [0, 0.1) is 11.8 Å². The zero-order valence-corrected chi connectivity index (χ0v) is 17.1. The third kappa shape index (κ3) is 4.29. The Bertz CT molecular complexity index is 879. The molecule has 1 aliphatic carbocycles. The number of nitrogens with zero attached hydrogens (tertiary/aromatic N) is 2. The summed E-state index contributed by atoms with van der Waals surface area (Å²) in [6, 6.07) is 17.9. The Hall–Kier alpha value is -2.82. The molecule has 1 heterocycles. The molecule has 0 N–H and O–H groups in total. The highest BCUT2D eigenvalue weighted by Crippen LogP contribution is 2.39. The average molecular weight is 392 g/mol. The molecule has 4 rings (SSSR count). The number of ether oxygens (including phenoxy) is 1. The van der Waals surface area contributed by atoms with Crippen molar-refractivity contribution in [3.63, 3.8) is 0 Å². The van der Waals surface area contributed by atoms with E-state index in [0.717, 1.165) is 29.7 Å². The van der Waals surface area contributed by atoms with Gasteiger partial charge in [-0.1, -0.05) is 42.5 Å². The molecule has 29 heavy (non-hydrogen) atoms. The molecule has 1 aliphatic heterocycles. The van der Waals surface area contributed by atoms with Crippen LogP contribution in [-0.4, -0.2) is 48.9 Å². The second-order valence-electron chi connectivity index (χ2n) is 8.19. The summed E-state index contributed by atoms with van der Waals surface area (Å²) >= 11 is 0. The molecule has 0 aromatic heterocycles. The molecule has 2 aromatic rings. The van der Waals surface area contributed by atoms with Gasteiger partial charge in [0.1, 0.15) is 5.75 Å². The number of methoxy groups -OCH3 is 1. The van der Waals surface area contributed by atoms with Crippen LogP contribution in [0.25, 0.3) is 0 Å². The van der Waals surface area contributed by atoms with Crippen LogP contribution in [0.4, 0.5) is 0 Å². The molecule has 152 valence electrons. The van der Waals surface area contributed by atoms with Gasteiger partial charge in [0.15, 0.2) is 0 Å². The highest BCUT2D eigenvalue weighted by molar-refractivity contribution is 5.85. The van der Waals surface area contributed by atoms with Crippen LogP contribution in [0.1, 0.15) is 29.9 Å². The van der Waals surface area contributed by atoms with Gasteiger partial charge in [0.25, 0.3) is 0 Å². The number of likely N-dealkylation sites (tertiary alicyclic amines) is 1. The van der Waals surface area contributed by atoms with Crippen molar-refractivity contribution in [2.24, 2.45) is 11.8 Å². The minimum Gasteiger partial charge on any atom is -0.497 e. The molecule has 2 fully saturated rings. The summed E-state index contributed by atoms with van der Waals surface area (Å²) in [5.74, 6) is 0.985. The number of amides is 2. The number of carbonyl (C=O) groups excluding carboxylic acids is 2. The summed E-state index contributed by atoms with van der Waals surface area (Å²) in [7, 11) is 3.50. The fraction of sp³-hybridized carbons (Fsp3) is 0.417. The second kappa shape index (κ2) is 8.27. The number of hydrogen-bond acceptors (Lipinski definition) is 3.